The lowest BCUT2D eigenvalue weighted by molar-refractivity contribution is -0.121. The topological polar surface area (TPSA) is 59.0 Å². The van der Waals surface area contributed by atoms with Crippen LogP contribution in [0.1, 0.15) is 44.3 Å². The van der Waals surface area contributed by atoms with Gasteiger partial charge in [0, 0.05) is 31.9 Å². The summed E-state index contributed by atoms with van der Waals surface area (Å²) in [6, 6.07) is 0. The maximum absolute atomic E-state index is 11.8. The second-order valence-corrected chi connectivity index (χ2v) is 5.96. The first-order chi connectivity index (χ1) is 10.3. The van der Waals surface area contributed by atoms with Gasteiger partial charge in [-0.2, -0.15) is 0 Å². The Morgan fingerprint density at radius 1 is 1.35 bits per heavy atom. The van der Waals surface area contributed by atoms with Crippen LogP contribution in [0.25, 0.3) is 0 Å². The van der Waals surface area contributed by atoms with Crippen LogP contribution < -0.4 is 10.6 Å². The molecule has 2 rings (SSSR count). The second-order valence-electron chi connectivity index (χ2n) is 5.96. The van der Waals surface area contributed by atoms with Crippen LogP contribution >= 0.6 is 24.8 Å². The molecule has 134 valence electrons. The molecule has 1 aromatic rings. The zero-order valence-electron chi connectivity index (χ0n) is 13.9. The maximum Gasteiger partial charge on any atom is 0.220 e. The lowest BCUT2D eigenvalue weighted by atomic mass is 9.93. The highest BCUT2D eigenvalue weighted by Crippen LogP contribution is 2.17. The van der Waals surface area contributed by atoms with Crippen molar-refractivity contribution in [2.75, 3.05) is 19.6 Å². The summed E-state index contributed by atoms with van der Waals surface area (Å²) in [4.78, 5) is 16.0. The molecule has 1 aromatic heterocycles. The van der Waals surface area contributed by atoms with E-state index in [1.807, 2.05) is 19.3 Å². The smallest absolute Gasteiger partial charge is 0.220 e. The number of hydrogen-bond acceptors (Lipinski definition) is 3. The van der Waals surface area contributed by atoms with Gasteiger partial charge in [-0.15, -0.1) is 24.8 Å². The lowest BCUT2D eigenvalue weighted by Gasteiger charge is -2.22. The molecule has 2 N–H and O–H groups in total. The Bertz CT molecular complexity index is 433. The first-order valence-corrected chi connectivity index (χ1v) is 8.21. The van der Waals surface area contributed by atoms with Gasteiger partial charge >= 0.3 is 0 Å². The van der Waals surface area contributed by atoms with E-state index in [1.165, 1.54) is 12.8 Å². The highest BCUT2D eigenvalue weighted by molar-refractivity contribution is 5.85. The summed E-state index contributed by atoms with van der Waals surface area (Å²) in [7, 11) is 0. The molecule has 23 heavy (non-hydrogen) atoms. The van der Waals surface area contributed by atoms with Gasteiger partial charge < -0.3 is 15.2 Å². The van der Waals surface area contributed by atoms with E-state index < -0.39 is 0 Å². The normalized spacial score (nSPS) is 14.7. The largest absolute Gasteiger partial charge is 0.356 e. The van der Waals surface area contributed by atoms with Gasteiger partial charge in [0.1, 0.15) is 5.82 Å². The van der Waals surface area contributed by atoms with Gasteiger partial charge in [0.2, 0.25) is 5.91 Å². The number of amides is 1. The number of nitrogens with one attached hydrogen (secondary N) is 2. The van der Waals surface area contributed by atoms with E-state index in [-0.39, 0.29) is 30.7 Å². The van der Waals surface area contributed by atoms with E-state index in [4.69, 9.17) is 0 Å². The third-order valence-corrected chi connectivity index (χ3v) is 4.31. The number of carbonyl (C=O) groups is 1. The molecule has 0 aliphatic carbocycles. The van der Waals surface area contributed by atoms with Gasteiger partial charge in [0.25, 0.3) is 0 Å². The minimum Gasteiger partial charge on any atom is -0.356 e. The lowest BCUT2D eigenvalue weighted by Crippen LogP contribution is -2.29. The highest BCUT2D eigenvalue weighted by Gasteiger charge is 2.14. The average molecular weight is 365 g/mol. The standard InChI is InChI=1S/C16H28N4O.2ClH/c1-14-18-11-13-20(14)12-3-2-8-19-16(21)5-4-15-6-9-17-10-7-15;;/h11,13,15,17H,2-10,12H2,1H3,(H,19,21);2*1H. The van der Waals surface area contributed by atoms with Gasteiger partial charge in [-0.1, -0.05) is 0 Å². The van der Waals surface area contributed by atoms with Gasteiger partial charge in [0.15, 0.2) is 0 Å². The van der Waals surface area contributed by atoms with Crippen LogP contribution in [0.2, 0.25) is 0 Å². The van der Waals surface area contributed by atoms with Gasteiger partial charge in [-0.3, -0.25) is 4.79 Å². The fourth-order valence-corrected chi connectivity index (χ4v) is 2.87. The molecule has 2 heterocycles. The number of aryl methyl sites for hydroxylation is 2. The molecule has 0 atom stereocenters. The molecule has 0 radical (unpaired) electrons. The summed E-state index contributed by atoms with van der Waals surface area (Å²) >= 11 is 0. The molecule has 0 bridgehead atoms. The van der Waals surface area contributed by atoms with Crippen LogP contribution in [-0.4, -0.2) is 35.1 Å². The predicted molar refractivity (Wildman–Crippen MR) is 98.5 cm³/mol. The third-order valence-electron chi connectivity index (χ3n) is 4.31. The minimum absolute atomic E-state index is 0. The average Bonchev–Trinajstić information content (AvgIpc) is 2.91. The molecular weight excluding hydrogens is 335 g/mol. The Morgan fingerprint density at radius 3 is 2.74 bits per heavy atom. The Balaban J connectivity index is 0.00000242. The van der Waals surface area contributed by atoms with Crippen molar-refractivity contribution in [2.24, 2.45) is 5.92 Å². The van der Waals surface area contributed by atoms with Crippen molar-refractivity contribution in [1.82, 2.24) is 20.2 Å². The molecule has 1 saturated heterocycles. The fraction of sp³-hybridized carbons (Fsp3) is 0.750. The Morgan fingerprint density at radius 2 is 2.09 bits per heavy atom. The SMILES string of the molecule is Cc1nccn1CCCCNC(=O)CCC1CCNCC1.Cl.Cl. The van der Waals surface area contributed by atoms with E-state index in [0.717, 1.165) is 57.2 Å². The number of halogens is 2. The van der Waals surface area contributed by atoms with Crippen LogP contribution in [0.4, 0.5) is 0 Å². The summed E-state index contributed by atoms with van der Waals surface area (Å²) in [5.41, 5.74) is 0. The van der Waals surface area contributed by atoms with Crippen molar-refractivity contribution in [1.29, 1.82) is 0 Å². The zero-order chi connectivity index (χ0) is 14.9. The highest BCUT2D eigenvalue weighted by atomic mass is 35.5. The van der Waals surface area contributed by atoms with E-state index >= 15 is 0 Å². The first-order valence-electron chi connectivity index (χ1n) is 8.21. The van der Waals surface area contributed by atoms with E-state index in [0.29, 0.717) is 6.42 Å². The molecule has 1 amide bonds. The van der Waals surface area contributed by atoms with Gasteiger partial charge in [-0.25, -0.2) is 4.98 Å². The number of aromatic nitrogens is 2. The van der Waals surface area contributed by atoms with Crippen LogP contribution in [-0.2, 0) is 11.3 Å². The molecule has 1 aliphatic heterocycles. The molecular formula is C16H30Cl2N4O. The molecule has 0 spiro atoms. The number of carbonyl (C=O) groups excluding carboxylic acids is 1. The number of nitrogens with zero attached hydrogens (tertiary/aromatic N) is 2. The quantitative estimate of drug-likeness (QED) is 0.697. The zero-order valence-corrected chi connectivity index (χ0v) is 15.6. The van der Waals surface area contributed by atoms with Crippen molar-refractivity contribution < 1.29 is 4.79 Å². The van der Waals surface area contributed by atoms with Crippen molar-refractivity contribution >= 4 is 30.7 Å². The predicted octanol–water partition coefficient (Wildman–Crippen LogP) is 2.71. The molecule has 0 unspecified atom stereocenters. The number of imidazole rings is 1. The van der Waals surface area contributed by atoms with Gasteiger partial charge in [-0.05, 0) is 58.0 Å². The number of piperidine rings is 1. The summed E-state index contributed by atoms with van der Waals surface area (Å²) in [6.45, 7) is 6.01. The molecule has 1 aliphatic rings. The molecule has 1 fully saturated rings. The summed E-state index contributed by atoms with van der Waals surface area (Å²) < 4.78 is 2.15. The van der Waals surface area contributed by atoms with E-state index in [1.54, 1.807) is 0 Å². The molecule has 0 saturated carbocycles. The summed E-state index contributed by atoms with van der Waals surface area (Å²) in [5.74, 6) is 2.01. The minimum atomic E-state index is 0. The van der Waals surface area contributed by atoms with Crippen LogP contribution in [0.15, 0.2) is 12.4 Å². The Kier molecular flexibility index (Phi) is 12.2. The van der Waals surface area contributed by atoms with Crippen LogP contribution in [0.5, 0.6) is 0 Å². The van der Waals surface area contributed by atoms with Crippen LogP contribution in [0.3, 0.4) is 0 Å². The van der Waals surface area contributed by atoms with Crippen molar-refractivity contribution in [3.63, 3.8) is 0 Å². The monoisotopic (exact) mass is 364 g/mol. The molecule has 0 aromatic carbocycles. The van der Waals surface area contributed by atoms with Crippen molar-refractivity contribution in [2.45, 2.75) is 52.0 Å². The second kappa shape index (κ2) is 12.6. The number of unbranched alkanes of at least 4 members (excludes halogenated alkanes) is 1. The summed E-state index contributed by atoms with van der Waals surface area (Å²) in [5, 5.41) is 6.40. The third kappa shape index (κ3) is 8.58. The Labute approximate surface area is 151 Å². The number of hydrogen-bond donors (Lipinski definition) is 2. The van der Waals surface area contributed by atoms with Crippen molar-refractivity contribution in [3.8, 4) is 0 Å². The van der Waals surface area contributed by atoms with E-state index in [2.05, 4.69) is 20.2 Å². The Hall–Kier alpha value is -0.780. The molecule has 5 nitrogen and oxygen atoms in total. The van der Waals surface area contributed by atoms with Crippen LogP contribution in [0, 0.1) is 12.8 Å². The number of rotatable bonds is 8. The van der Waals surface area contributed by atoms with Crippen molar-refractivity contribution in [3.05, 3.63) is 18.2 Å². The summed E-state index contributed by atoms with van der Waals surface area (Å²) in [6.07, 6.45) is 10.1. The fourth-order valence-electron chi connectivity index (χ4n) is 2.87. The van der Waals surface area contributed by atoms with E-state index in [9.17, 15) is 4.79 Å². The first kappa shape index (κ1) is 22.2. The molecule has 7 heteroatoms. The van der Waals surface area contributed by atoms with Gasteiger partial charge in [0.05, 0.1) is 0 Å². The maximum atomic E-state index is 11.8.